The van der Waals surface area contributed by atoms with Crippen LogP contribution in [0.25, 0.3) is 33.6 Å². The molecule has 3 aromatic heterocycles. The first kappa shape index (κ1) is 11.5. The second-order valence-electron chi connectivity index (χ2n) is 4.50. The largest absolute Gasteiger partial charge is 0.335 e. The minimum atomic E-state index is 0.693. The van der Waals surface area contributed by atoms with Gasteiger partial charge in [0, 0.05) is 16.1 Å². The van der Waals surface area contributed by atoms with E-state index in [1.165, 1.54) is 0 Å². The van der Waals surface area contributed by atoms with Gasteiger partial charge in [0.1, 0.15) is 5.69 Å². The number of hydrogen-bond acceptors (Lipinski definition) is 3. The van der Waals surface area contributed by atoms with Gasteiger partial charge in [-0.05, 0) is 34.1 Å². The summed E-state index contributed by atoms with van der Waals surface area (Å²) < 4.78 is 0.923. The second-order valence-corrected chi connectivity index (χ2v) is 5.41. The Bertz CT molecular complexity index is 929. The van der Waals surface area contributed by atoms with Gasteiger partial charge in [-0.3, -0.25) is 0 Å². The summed E-state index contributed by atoms with van der Waals surface area (Å²) in [5.41, 5.74) is 3.36. The van der Waals surface area contributed by atoms with Crippen LogP contribution in [0, 0.1) is 0 Å². The van der Waals surface area contributed by atoms with Gasteiger partial charge < -0.3 is 4.98 Å². The summed E-state index contributed by atoms with van der Waals surface area (Å²) in [6.45, 7) is 0. The first-order valence-electron chi connectivity index (χ1n) is 6.17. The minimum absolute atomic E-state index is 0.693. The van der Waals surface area contributed by atoms with Gasteiger partial charge in [0.15, 0.2) is 11.5 Å². The molecule has 1 aromatic carbocycles. The number of aromatic amines is 1. The van der Waals surface area contributed by atoms with E-state index >= 15 is 0 Å². The monoisotopic (exact) mass is 324 g/mol. The number of imidazole rings is 1. The number of halogens is 1. The summed E-state index contributed by atoms with van der Waals surface area (Å²) in [5.74, 6) is 0.733. The predicted molar refractivity (Wildman–Crippen MR) is 82.3 cm³/mol. The number of aromatic nitrogens is 4. The van der Waals surface area contributed by atoms with Crippen molar-refractivity contribution in [2.24, 2.45) is 0 Å². The summed E-state index contributed by atoms with van der Waals surface area (Å²) in [6, 6.07) is 14.0. The van der Waals surface area contributed by atoms with E-state index in [-0.39, 0.29) is 0 Å². The molecule has 0 radical (unpaired) electrons. The second kappa shape index (κ2) is 4.38. The first-order chi connectivity index (χ1) is 9.79. The predicted octanol–water partition coefficient (Wildman–Crippen LogP) is 3.94. The minimum Gasteiger partial charge on any atom is -0.335 e. The summed E-state index contributed by atoms with van der Waals surface area (Å²) in [5, 5.41) is 1.12. The Balaban J connectivity index is 1.91. The van der Waals surface area contributed by atoms with E-state index in [0.29, 0.717) is 5.65 Å². The molecule has 96 valence electrons. The number of pyridine rings is 2. The van der Waals surface area contributed by atoms with E-state index in [9.17, 15) is 0 Å². The molecule has 0 saturated carbocycles. The smallest absolute Gasteiger partial charge is 0.178 e. The highest BCUT2D eigenvalue weighted by Gasteiger charge is 2.08. The number of rotatable bonds is 1. The van der Waals surface area contributed by atoms with Crippen molar-refractivity contribution in [2.45, 2.75) is 0 Å². The van der Waals surface area contributed by atoms with Gasteiger partial charge in [-0.1, -0.05) is 24.3 Å². The van der Waals surface area contributed by atoms with Crippen molar-refractivity contribution < 1.29 is 0 Å². The number of nitrogens with one attached hydrogen (secondary N) is 1. The van der Waals surface area contributed by atoms with Crippen molar-refractivity contribution in [1.82, 2.24) is 19.9 Å². The number of H-pyrrole nitrogens is 1. The van der Waals surface area contributed by atoms with Gasteiger partial charge in [-0.25, -0.2) is 15.0 Å². The van der Waals surface area contributed by atoms with Gasteiger partial charge in [0.05, 0.1) is 11.0 Å². The molecule has 0 amide bonds. The lowest BCUT2D eigenvalue weighted by Crippen LogP contribution is -1.86. The fraction of sp³-hybridized carbons (Fsp3) is 0. The zero-order chi connectivity index (χ0) is 13.5. The number of fused-ring (bicyclic) bond motifs is 2. The number of para-hydroxylation sites is 1. The molecule has 1 N–H and O–H groups in total. The molecule has 0 fully saturated rings. The zero-order valence-corrected chi connectivity index (χ0v) is 11.9. The van der Waals surface area contributed by atoms with Crippen molar-refractivity contribution in [3.8, 4) is 11.5 Å². The molecule has 0 aliphatic rings. The van der Waals surface area contributed by atoms with Crippen LogP contribution in [0.4, 0.5) is 0 Å². The number of nitrogens with zero attached hydrogens (tertiary/aromatic N) is 3. The van der Waals surface area contributed by atoms with Crippen LogP contribution in [0.3, 0.4) is 0 Å². The molecule has 5 heteroatoms. The maximum Gasteiger partial charge on any atom is 0.178 e. The SMILES string of the molecule is Brc1cnc2nc(-c3ccc4ccccc4n3)[nH]c2c1. The zero-order valence-electron chi connectivity index (χ0n) is 10.3. The van der Waals surface area contributed by atoms with Gasteiger partial charge in [-0.2, -0.15) is 0 Å². The molecule has 0 unspecified atom stereocenters. The Kier molecular flexibility index (Phi) is 2.53. The molecule has 0 aliphatic heterocycles. The van der Waals surface area contributed by atoms with Crippen molar-refractivity contribution in [3.05, 3.63) is 53.1 Å². The van der Waals surface area contributed by atoms with Crippen molar-refractivity contribution in [1.29, 1.82) is 0 Å². The molecule has 3 heterocycles. The molecular weight excluding hydrogens is 316 g/mol. The molecular formula is C15H9BrN4. The van der Waals surface area contributed by atoms with Crippen LogP contribution < -0.4 is 0 Å². The lowest BCUT2D eigenvalue weighted by atomic mass is 10.2. The topological polar surface area (TPSA) is 54.5 Å². The number of benzene rings is 1. The highest BCUT2D eigenvalue weighted by Crippen LogP contribution is 2.22. The average molecular weight is 325 g/mol. The molecule has 4 nitrogen and oxygen atoms in total. The summed E-state index contributed by atoms with van der Waals surface area (Å²) >= 11 is 3.40. The molecule has 0 atom stereocenters. The van der Waals surface area contributed by atoms with Gasteiger partial charge >= 0.3 is 0 Å². The van der Waals surface area contributed by atoms with E-state index in [1.54, 1.807) is 6.20 Å². The van der Waals surface area contributed by atoms with E-state index in [0.717, 1.165) is 32.4 Å². The van der Waals surface area contributed by atoms with Crippen LogP contribution in [-0.2, 0) is 0 Å². The normalized spacial score (nSPS) is 11.2. The summed E-state index contributed by atoms with van der Waals surface area (Å²) in [6.07, 6.45) is 1.74. The molecule has 0 bridgehead atoms. The van der Waals surface area contributed by atoms with Crippen LogP contribution in [0.2, 0.25) is 0 Å². The maximum absolute atomic E-state index is 4.63. The highest BCUT2D eigenvalue weighted by molar-refractivity contribution is 9.10. The van der Waals surface area contributed by atoms with Crippen molar-refractivity contribution in [2.75, 3.05) is 0 Å². The fourth-order valence-electron chi connectivity index (χ4n) is 2.19. The van der Waals surface area contributed by atoms with E-state index in [2.05, 4.69) is 35.9 Å². The lowest BCUT2D eigenvalue weighted by Gasteiger charge is -1.99. The number of hydrogen-bond donors (Lipinski definition) is 1. The van der Waals surface area contributed by atoms with Crippen LogP contribution in [0.1, 0.15) is 0 Å². The third-order valence-electron chi connectivity index (χ3n) is 3.15. The van der Waals surface area contributed by atoms with Gasteiger partial charge in [0.2, 0.25) is 0 Å². The Labute approximate surface area is 123 Å². The standard InChI is InChI=1S/C15H9BrN4/c16-10-7-13-14(17-8-10)20-15(19-13)12-6-5-9-3-1-2-4-11(9)18-12/h1-8H,(H,17,19,20). The average Bonchev–Trinajstić information content (AvgIpc) is 2.89. The highest BCUT2D eigenvalue weighted by atomic mass is 79.9. The Morgan fingerprint density at radius 2 is 1.90 bits per heavy atom. The molecule has 0 spiro atoms. The lowest BCUT2D eigenvalue weighted by molar-refractivity contribution is 1.25. The van der Waals surface area contributed by atoms with Crippen LogP contribution >= 0.6 is 15.9 Å². The van der Waals surface area contributed by atoms with E-state index in [1.807, 2.05) is 42.5 Å². The van der Waals surface area contributed by atoms with Crippen LogP contribution in [0.5, 0.6) is 0 Å². The van der Waals surface area contributed by atoms with Gasteiger partial charge in [-0.15, -0.1) is 0 Å². The van der Waals surface area contributed by atoms with E-state index < -0.39 is 0 Å². The third kappa shape index (κ3) is 1.87. The van der Waals surface area contributed by atoms with Crippen LogP contribution in [-0.4, -0.2) is 19.9 Å². The fourth-order valence-corrected chi connectivity index (χ4v) is 2.53. The Morgan fingerprint density at radius 3 is 2.85 bits per heavy atom. The molecule has 20 heavy (non-hydrogen) atoms. The molecule has 4 rings (SSSR count). The van der Waals surface area contributed by atoms with Gasteiger partial charge in [0.25, 0.3) is 0 Å². The molecule has 0 saturated heterocycles. The van der Waals surface area contributed by atoms with Crippen molar-refractivity contribution in [3.63, 3.8) is 0 Å². The maximum atomic E-state index is 4.63. The Hall–Kier alpha value is -2.27. The molecule has 4 aromatic rings. The summed E-state index contributed by atoms with van der Waals surface area (Å²) in [7, 11) is 0. The first-order valence-corrected chi connectivity index (χ1v) is 6.96. The third-order valence-corrected chi connectivity index (χ3v) is 3.58. The molecule has 0 aliphatic carbocycles. The van der Waals surface area contributed by atoms with Crippen molar-refractivity contribution >= 4 is 38.0 Å². The quantitative estimate of drug-likeness (QED) is 0.577. The van der Waals surface area contributed by atoms with Crippen LogP contribution in [0.15, 0.2) is 53.1 Å². The van der Waals surface area contributed by atoms with E-state index in [4.69, 9.17) is 0 Å². The summed E-state index contributed by atoms with van der Waals surface area (Å²) in [4.78, 5) is 16.6. The Morgan fingerprint density at radius 1 is 1.00 bits per heavy atom.